The fraction of sp³-hybridized carbons (Fsp3) is 0.333. The van der Waals surface area contributed by atoms with Crippen LogP contribution in [0.1, 0.15) is 28.3 Å². The molecule has 0 amide bonds. The van der Waals surface area contributed by atoms with Crippen LogP contribution in [-0.4, -0.2) is 67.1 Å². The van der Waals surface area contributed by atoms with Gasteiger partial charge in [-0.25, -0.2) is 18.1 Å². The molecule has 1 aliphatic heterocycles. The molecule has 10 heteroatoms. The second-order valence-corrected chi connectivity index (χ2v) is 10.8. The average Bonchev–Trinajstić information content (AvgIpc) is 2.89. The summed E-state index contributed by atoms with van der Waals surface area (Å²) in [4.78, 5) is 18.6. The quantitative estimate of drug-likeness (QED) is 0.431. The van der Waals surface area contributed by atoms with E-state index in [4.69, 9.17) is 4.74 Å². The Labute approximate surface area is 216 Å². The van der Waals surface area contributed by atoms with Gasteiger partial charge in [-0.1, -0.05) is 36.1 Å². The largest absolute Gasteiger partial charge is 0.502 e. The van der Waals surface area contributed by atoms with Crippen LogP contribution in [0.4, 0.5) is 0 Å². The maximum atomic E-state index is 12.4. The van der Waals surface area contributed by atoms with Crippen LogP contribution in [0.2, 0.25) is 0 Å². The van der Waals surface area contributed by atoms with E-state index in [-0.39, 0.29) is 6.54 Å². The van der Waals surface area contributed by atoms with E-state index in [0.717, 1.165) is 62.0 Å². The van der Waals surface area contributed by atoms with Gasteiger partial charge in [0.15, 0.2) is 5.75 Å². The van der Waals surface area contributed by atoms with E-state index >= 15 is 0 Å². The Morgan fingerprint density at radius 1 is 1.03 bits per heavy atom. The number of ether oxygens (including phenoxy) is 1. The summed E-state index contributed by atoms with van der Waals surface area (Å²) in [7, 11) is -3.47. The van der Waals surface area contributed by atoms with Gasteiger partial charge in [-0.3, -0.25) is 14.3 Å². The van der Waals surface area contributed by atoms with E-state index in [9.17, 15) is 18.3 Å². The molecule has 37 heavy (non-hydrogen) atoms. The lowest BCUT2D eigenvalue weighted by Crippen LogP contribution is -2.35. The molecule has 1 aliphatic rings. The van der Waals surface area contributed by atoms with Gasteiger partial charge in [0, 0.05) is 37.3 Å². The van der Waals surface area contributed by atoms with E-state index < -0.39 is 27.4 Å². The minimum atomic E-state index is -3.47. The molecule has 0 saturated carbocycles. The van der Waals surface area contributed by atoms with Gasteiger partial charge < -0.3 is 9.84 Å². The minimum Gasteiger partial charge on any atom is -0.502 e. The summed E-state index contributed by atoms with van der Waals surface area (Å²) in [5, 5.41) is 9.77. The highest BCUT2D eigenvalue weighted by Crippen LogP contribution is 2.15. The zero-order valence-corrected chi connectivity index (χ0v) is 21.4. The highest BCUT2D eigenvalue weighted by atomic mass is 32.2. The highest BCUT2D eigenvalue weighted by Gasteiger charge is 2.17. The minimum absolute atomic E-state index is 0.0209. The fourth-order valence-corrected chi connectivity index (χ4v) is 4.54. The Balaban J connectivity index is 1.42. The first kappa shape index (κ1) is 26.6. The number of benzene rings is 2. The molecule has 2 aromatic carbocycles. The Morgan fingerprint density at radius 3 is 2.22 bits per heavy atom. The Bertz CT molecular complexity index is 1420. The lowest BCUT2D eigenvalue weighted by atomic mass is 10.0. The van der Waals surface area contributed by atoms with Gasteiger partial charge in [-0.05, 0) is 41.8 Å². The monoisotopic (exact) mass is 522 g/mol. The molecule has 1 atom stereocenters. The van der Waals surface area contributed by atoms with Crippen LogP contribution in [0.5, 0.6) is 5.75 Å². The van der Waals surface area contributed by atoms with Crippen molar-refractivity contribution >= 4 is 10.0 Å². The Hall–Kier alpha value is -3.49. The topological polar surface area (TPSA) is 114 Å². The van der Waals surface area contributed by atoms with E-state index in [1.165, 1.54) is 16.5 Å². The number of aromatic nitrogens is 2. The average molecular weight is 523 g/mol. The van der Waals surface area contributed by atoms with E-state index in [0.29, 0.717) is 6.42 Å². The smallest absolute Gasteiger partial charge is 0.295 e. The number of rotatable bonds is 8. The third-order valence-electron chi connectivity index (χ3n) is 6.06. The first-order valence-electron chi connectivity index (χ1n) is 12.0. The molecule has 1 fully saturated rings. The summed E-state index contributed by atoms with van der Waals surface area (Å²) < 4.78 is 32.3. The first-order chi connectivity index (χ1) is 17.8. The molecular weight excluding hydrogens is 492 g/mol. The number of hydrogen-bond acceptors (Lipinski definition) is 7. The standard InChI is InChI=1S/C27H30N4O5S/c1-37(34,35)29-17-25(31-20-28-18-26(32)27(31)33)16-23-8-4-21(5-9-23)2-3-22-6-10-24(11-7-22)19-30-12-14-36-15-13-30/h4-11,18,20,25,29,32H,12-17,19H2,1H3. The highest BCUT2D eigenvalue weighted by molar-refractivity contribution is 7.88. The molecule has 0 aliphatic carbocycles. The molecule has 2 heterocycles. The summed E-state index contributed by atoms with van der Waals surface area (Å²) in [5.74, 6) is 5.86. The predicted molar refractivity (Wildman–Crippen MR) is 141 cm³/mol. The van der Waals surface area contributed by atoms with Crippen LogP contribution >= 0.6 is 0 Å². The van der Waals surface area contributed by atoms with Crippen molar-refractivity contribution in [3.05, 3.63) is 93.7 Å². The molecule has 4 rings (SSSR count). The summed E-state index contributed by atoms with van der Waals surface area (Å²) in [6.45, 7) is 4.36. The lowest BCUT2D eigenvalue weighted by Gasteiger charge is -2.26. The zero-order valence-electron chi connectivity index (χ0n) is 20.6. The van der Waals surface area contributed by atoms with Crippen molar-refractivity contribution in [1.29, 1.82) is 0 Å². The number of aromatic hydroxyl groups is 1. The number of nitrogens with one attached hydrogen (secondary N) is 1. The molecule has 0 radical (unpaired) electrons. The second-order valence-electron chi connectivity index (χ2n) is 9.00. The molecular formula is C27H30N4O5S. The van der Waals surface area contributed by atoms with Gasteiger partial charge >= 0.3 is 0 Å². The summed E-state index contributed by atoms with van der Waals surface area (Å²) >= 11 is 0. The SMILES string of the molecule is CS(=O)(=O)NCC(Cc1ccc(C#Cc2ccc(CN3CCOCC3)cc2)cc1)n1cncc(O)c1=O. The van der Waals surface area contributed by atoms with Crippen molar-refractivity contribution in [3.8, 4) is 17.6 Å². The van der Waals surface area contributed by atoms with Crippen molar-refractivity contribution in [2.45, 2.75) is 19.0 Å². The van der Waals surface area contributed by atoms with Crippen molar-refractivity contribution in [3.63, 3.8) is 0 Å². The van der Waals surface area contributed by atoms with Crippen LogP contribution in [0.3, 0.4) is 0 Å². The van der Waals surface area contributed by atoms with Crippen molar-refractivity contribution in [2.24, 2.45) is 0 Å². The summed E-state index contributed by atoms with van der Waals surface area (Å²) in [6.07, 6.45) is 3.76. The van der Waals surface area contributed by atoms with Gasteiger partial charge in [0.05, 0.1) is 38.0 Å². The van der Waals surface area contributed by atoms with Crippen LogP contribution < -0.4 is 10.3 Å². The second kappa shape index (κ2) is 12.2. The normalized spacial score (nSPS) is 15.1. The van der Waals surface area contributed by atoms with Crippen LogP contribution in [0.15, 0.2) is 65.8 Å². The molecule has 0 spiro atoms. The van der Waals surface area contributed by atoms with Gasteiger partial charge in [0.2, 0.25) is 10.0 Å². The fourth-order valence-electron chi connectivity index (χ4n) is 4.04. The maximum Gasteiger partial charge on any atom is 0.295 e. The third kappa shape index (κ3) is 8.00. The molecule has 194 valence electrons. The molecule has 9 nitrogen and oxygen atoms in total. The predicted octanol–water partition coefficient (Wildman–Crippen LogP) is 1.51. The van der Waals surface area contributed by atoms with Gasteiger partial charge in [0.1, 0.15) is 0 Å². The number of nitrogens with zero attached hydrogens (tertiary/aromatic N) is 3. The van der Waals surface area contributed by atoms with Crippen LogP contribution in [-0.2, 0) is 27.7 Å². The lowest BCUT2D eigenvalue weighted by molar-refractivity contribution is 0.0342. The molecule has 3 aromatic rings. The molecule has 1 saturated heterocycles. The van der Waals surface area contributed by atoms with E-state index in [2.05, 4.69) is 38.6 Å². The molecule has 0 bridgehead atoms. The molecule has 1 unspecified atom stereocenters. The number of hydrogen-bond donors (Lipinski definition) is 2. The zero-order chi connectivity index (χ0) is 26.3. The first-order valence-corrected chi connectivity index (χ1v) is 13.9. The number of morpholine rings is 1. The third-order valence-corrected chi connectivity index (χ3v) is 6.75. The maximum absolute atomic E-state index is 12.4. The van der Waals surface area contributed by atoms with Crippen LogP contribution in [0.25, 0.3) is 0 Å². The van der Waals surface area contributed by atoms with E-state index in [1.807, 2.05) is 36.4 Å². The van der Waals surface area contributed by atoms with Gasteiger partial charge in [0.25, 0.3) is 5.56 Å². The Kier molecular flexibility index (Phi) is 8.74. The summed E-state index contributed by atoms with van der Waals surface area (Å²) in [5.41, 5.74) is 3.26. The molecule has 1 aromatic heterocycles. The van der Waals surface area contributed by atoms with Gasteiger partial charge in [-0.2, -0.15) is 0 Å². The van der Waals surface area contributed by atoms with Crippen molar-refractivity contribution in [1.82, 2.24) is 19.2 Å². The van der Waals surface area contributed by atoms with E-state index in [1.54, 1.807) is 0 Å². The molecule has 2 N–H and O–H groups in total. The van der Waals surface area contributed by atoms with Gasteiger partial charge in [-0.15, -0.1) is 0 Å². The Morgan fingerprint density at radius 2 is 1.62 bits per heavy atom. The van der Waals surface area contributed by atoms with Crippen molar-refractivity contribution < 1.29 is 18.3 Å². The van der Waals surface area contributed by atoms with Crippen LogP contribution in [0, 0.1) is 11.8 Å². The summed E-state index contributed by atoms with van der Waals surface area (Å²) in [6, 6.07) is 15.2. The number of sulfonamides is 1. The van der Waals surface area contributed by atoms with Crippen molar-refractivity contribution in [2.75, 3.05) is 39.1 Å².